The largest absolute Gasteiger partial charge is 0.467 e. The molecular formula is C26H31N5O4. The Morgan fingerprint density at radius 3 is 2.34 bits per heavy atom. The molecular weight excluding hydrogens is 446 g/mol. The fraction of sp³-hybridized carbons (Fsp3) is 0.385. The molecule has 3 aromatic rings. The van der Waals surface area contributed by atoms with Crippen LogP contribution in [0.15, 0.2) is 48.8 Å². The maximum atomic E-state index is 13.3. The van der Waals surface area contributed by atoms with Crippen molar-refractivity contribution in [3.8, 4) is 6.01 Å². The van der Waals surface area contributed by atoms with Crippen molar-refractivity contribution in [2.75, 3.05) is 13.7 Å². The molecule has 2 unspecified atom stereocenters. The van der Waals surface area contributed by atoms with E-state index in [0.29, 0.717) is 36.5 Å². The average Bonchev–Trinajstić information content (AvgIpc) is 3.31. The lowest BCUT2D eigenvalue weighted by Crippen LogP contribution is -2.31. The van der Waals surface area contributed by atoms with Gasteiger partial charge in [0.1, 0.15) is 5.69 Å². The van der Waals surface area contributed by atoms with Crippen LogP contribution in [0.4, 0.5) is 0 Å². The number of methoxy groups -OCH3 is 1. The monoisotopic (exact) mass is 477 g/mol. The van der Waals surface area contributed by atoms with Crippen molar-refractivity contribution in [2.24, 2.45) is 0 Å². The quantitative estimate of drug-likeness (QED) is 0.488. The maximum absolute atomic E-state index is 13.3. The van der Waals surface area contributed by atoms with Crippen molar-refractivity contribution in [2.45, 2.75) is 51.9 Å². The Kier molecular flexibility index (Phi) is 7.77. The first-order valence-electron chi connectivity index (χ1n) is 11.9. The van der Waals surface area contributed by atoms with Crippen LogP contribution in [0, 0.1) is 0 Å². The summed E-state index contributed by atoms with van der Waals surface area (Å²) in [6.07, 6.45) is 4.70. The number of hydrogen-bond acceptors (Lipinski definition) is 6. The summed E-state index contributed by atoms with van der Waals surface area (Å²) in [5, 5.41) is 6.19. The fourth-order valence-electron chi connectivity index (χ4n) is 4.32. The molecule has 35 heavy (non-hydrogen) atoms. The molecule has 1 aliphatic rings. The van der Waals surface area contributed by atoms with Crippen molar-refractivity contribution in [3.05, 3.63) is 76.9 Å². The minimum absolute atomic E-state index is 0.124. The highest BCUT2D eigenvalue weighted by Gasteiger charge is 2.28. The van der Waals surface area contributed by atoms with Gasteiger partial charge in [0.25, 0.3) is 11.8 Å². The van der Waals surface area contributed by atoms with E-state index in [1.54, 1.807) is 18.5 Å². The summed E-state index contributed by atoms with van der Waals surface area (Å²) in [5.74, 6) is -0.477. The number of carbonyl (C=O) groups is 2. The molecule has 2 amide bonds. The van der Waals surface area contributed by atoms with Gasteiger partial charge in [0, 0.05) is 24.5 Å². The second kappa shape index (κ2) is 11.1. The number of amides is 2. The van der Waals surface area contributed by atoms with E-state index in [9.17, 15) is 9.59 Å². The summed E-state index contributed by atoms with van der Waals surface area (Å²) in [6.45, 7) is 5.27. The van der Waals surface area contributed by atoms with Gasteiger partial charge < -0.3 is 24.7 Å². The molecule has 0 saturated carbocycles. The molecule has 4 rings (SSSR count). The van der Waals surface area contributed by atoms with Crippen LogP contribution in [0.25, 0.3) is 0 Å². The van der Waals surface area contributed by atoms with E-state index in [2.05, 4.69) is 20.6 Å². The van der Waals surface area contributed by atoms with E-state index < -0.39 is 0 Å². The van der Waals surface area contributed by atoms with Crippen LogP contribution in [-0.4, -0.2) is 40.1 Å². The molecule has 184 valence electrons. The van der Waals surface area contributed by atoms with Crippen LogP contribution < -0.4 is 15.4 Å². The number of ether oxygens (including phenoxy) is 2. The van der Waals surface area contributed by atoms with Crippen LogP contribution >= 0.6 is 0 Å². The Morgan fingerprint density at radius 2 is 1.69 bits per heavy atom. The highest BCUT2D eigenvalue weighted by atomic mass is 16.5. The van der Waals surface area contributed by atoms with E-state index in [1.807, 2.05) is 48.7 Å². The van der Waals surface area contributed by atoms with E-state index in [1.165, 1.54) is 7.11 Å². The number of nitrogens with one attached hydrogen (secondary N) is 2. The standard InChI is InChI=1S/C26H31N5O4/c1-4-20(17-9-7-6-8-10-17)29-24(32)19-13-22(31-11-12-35-16-23(19)31)25(33)30-21(5-2)18-14-27-26(34-3)28-15-18/h6-10,13-15,20-21H,4-5,11-12,16H2,1-3H3,(H,29,32)(H,30,33). The SMILES string of the molecule is CCC(NC(=O)c1cc(C(=O)NC(CC)c2cnc(OC)nc2)n2c1COCC2)c1ccccc1. The molecule has 0 bridgehead atoms. The topological polar surface area (TPSA) is 107 Å². The van der Waals surface area contributed by atoms with Crippen LogP contribution in [0.5, 0.6) is 6.01 Å². The summed E-state index contributed by atoms with van der Waals surface area (Å²) < 4.78 is 12.5. The molecule has 0 radical (unpaired) electrons. The van der Waals surface area contributed by atoms with E-state index in [4.69, 9.17) is 9.47 Å². The molecule has 2 aromatic heterocycles. The van der Waals surface area contributed by atoms with Gasteiger partial charge in [-0.3, -0.25) is 9.59 Å². The van der Waals surface area contributed by atoms with Gasteiger partial charge in [-0.15, -0.1) is 0 Å². The summed E-state index contributed by atoms with van der Waals surface area (Å²) >= 11 is 0. The third-order valence-electron chi connectivity index (χ3n) is 6.25. The normalized spacial score (nSPS) is 14.5. The molecule has 9 nitrogen and oxygen atoms in total. The van der Waals surface area contributed by atoms with Gasteiger partial charge in [-0.2, -0.15) is 0 Å². The Hall–Kier alpha value is -3.72. The van der Waals surface area contributed by atoms with Crippen LogP contribution in [-0.2, 0) is 17.9 Å². The lowest BCUT2D eigenvalue weighted by molar-refractivity contribution is 0.0773. The fourth-order valence-corrected chi connectivity index (χ4v) is 4.32. The van der Waals surface area contributed by atoms with Crippen molar-refractivity contribution >= 4 is 11.8 Å². The van der Waals surface area contributed by atoms with Crippen LogP contribution in [0.1, 0.15) is 76.4 Å². The van der Waals surface area contributed by atoms with Crippen LogP contribution in [0.3, 0.4) is 0 Å². The zero-order valence-electron chi connectivity index (χ0n) is 20.3. The molecule has 0 spiro atoms. The number of hydrogen-bond donors (Lipinski definition) is 2. The zero-order chi connectivity index (χ0) is 24.8. The second-order valence-corrected chi connectivity index (χ2v) is 8.38. The summed E-state index contributed by atoms with van der Waals surface area (Å²) in [6, 6.07) is 11.4. The number of aromatic nitrogens is 3. The third-order valence-corrected chi connectivity index (χ3v) is 6.25. The van der Waals surface area contributed by atoms with Gasteiger partial charge in [0.2, 0.25) is 0 Å². The first-order chi connectivity index (χ1) is 17.0. The predicted molar refractivity (Wildman–Crippen MR) is 130 cm³/mol. The number of nitrogens with zero attached hydrogens (tertiary/aromatic N) is 3. The summed E-state index contributed by atoms with van der Waals surface area (Å²) in [5.41, 5.74) is 3.43. The first-order valence-corrected chi connectivity index (χ1v) is 11.9. The molecule has 1 aliphatic heterocycles. The number of benzene rings is 1. The highest BCUT2D eigenvalue weighted by molar-refractivity contribution is 6.01. The smallest absolute Gasteiger partial charge is 0.316 e. The van der Waals surface area contributed by atoms with Crippen molar-refractivity contribution in [1.29, 1.82) is 0 Å². The van der Waals surface area contributed by atoms with Crippen LogP contribution in [0.2, 0.25) is 0 Å². The van der Waals surface area contributed by atoms with Gasteiger partial charge in [-0.25, -0.2) is 9.97 Å². The summed E-state index contributed by atoms with van der Waals surface area (Å²) in [7, 11) is 1.50. The molecule has 1 aromatic carbocycles. The van der Waals surface area contributed by atoms with E-state index in [0.717, 1.165) is 17.5 Å². The molecule has 2 atom stereocenters. The number of carbonyl (C=O) groups excluding carboxylic acids is 2. The maximum Gasteiger partial charge on any atom is 0.316 e. The Bertz CT molecular complexity index is 1160. The third kappa shape index (κ3) is 5.35. The molecule has 0 fully saturated rings. The van der Waals surface area contributed by atoms with Crippen molar-refractivity contribution < 1.29 is 19.1 Å². The van der Waals surface area contributed by atoms with Crippen molar-refractivity contribution in [1.82, 2.24) is 25.2 Å². The van der Waals surface area contributed by atoms with Gasteiger partial charge in [0.15, 0.2) is 0 Å². The summed E-state index contributed by atoms with van der Waals surface area (Å²) in [4.78, 5) is 35.0. The predicted octanol–water partition coefficient (Wildman–Crippen LogP) is 3.58. The lowest BCUT2D eigenvalue weighted by atomic mass is 10.0. The number of fused-ring (bicyclic) bond motifs is 1. The molecule has 0 saturated heterocycles. The highest BCUT2D eigenvalue weighted by Crippen LogP contribution is 2.24. The Morgan fingerprint density at radius 1 is 1.03 bits per heavy atom. The van der Waals surface area contributed by atoms with E-state index in [-0.39, 0.29) is 36.5 Å². The van der Waals surface area contributed by atoms with Gasteiger partial charge in [-0.05, 0) is 24.5 Å². The minimum atomic E-state index is -0.278. The van der Waals surface area contributed by atoms with E-state index >= 15 is 0 Å². The molecule has 2 N–H and O–H groups in total. The Labute approximate surface area is 204 Å². The zero-order valence-corrected chi connectivity index (χ0v) is 20.3. The van der Waals surface area contributed by atoms with Gasteiger partial charge >= 0.3 is 6.01 Å². The molecule has 0 aliphatic carbocycles. The molecule has 9 heteroatoms. The lowest BCUT2D eigenvalue weighted by Gasteiger charge is -2.21. The number of rotatable bonds is 9. The van der Waals surface area contributed by atoms with Gasteiger partial charge in [-0.1, -0.05) is 44.2 Å². The minimum Gasteiger partial charge on any atom is -0.467 e. The Balaban J connectivity index is 1.57. The molecule has 3 heterocycles. The van der Waals surface area contributed by atoms with Gasteiger partial charge in [0.05, 0.1) is 43.7 Å². The second-order valence-electron chi connectivity index (χ2n) is 8.38. The first kappa shape index (κ1) is 24.4. The van der Waals surface area contributed by atoms with Crippen molar-refractivity contribution in [3.63, 3.8) is 0 Å². The average molecular weight is 478 g/mol.